The van der Waals surface area contributed by atoms with Crippen molar-refractivity contribution in [3.63, 3.8) is 0 Å². The molecule has 21 heavy (non-hydrogen) atoms. The molecule has 0 aromatic carbocycles. The van der Waals surface area contributed by atoms with Gasteiger partial charge in [0.05, 0.1) is 11.0 Å². The first-order valence-corrected chi connectivity index (χ1v) is 6.78. The number of carbonyl (C=O) groups is 1. The topological polar surface area (TPSA) is 106 Å². The van der Waals surface area contributed by atoms with Crippen LogP contribution in [0.3, 0.4) is 0 Å². The van der Waals surface area contributed by atoms with E-state index in [1.807, 2.05) is 6.92 Å². The third kappa shape index (κ3) is 3.46. The van der Waals surface area contributed by atoms with Crippen molar-refractivity contribution in [2.24, 2.45) is 0 Å². The SMILES string of the molecule is CCN(CC1CCCO1)c1nc(C(=O)O)ccc1[N+](=O)[O-]. The Hall–Kier alpha value is -2.22. The Morgan fingerprint density at radius 2 is 2.38 bits per heavy atom. The number of anilines is 1. The molecule has 1 unspecified atom stereocenters. The van der Waals surface area contributed by atoms with Gasteiger partial charge in [0.15, 0.2) is 5.69 Å². The molecule has 1 N–H and O–H groups in total. The highest BCUT2D eigenvalue weighted by molar-refractivity contribution is 5.86. The van der Waals surface area contributed by atoms with E-state index < -0.39 is 10.9 Å². The Morgan fingerprint density at radius 1 is 1.62 bits per heavy atom. The number of aromatic nitrogens is 1. The molecule has 2 heterocycles. The maximum atomic E-state index is 11.1. The van der Waals surface area contributed by atoms with Gasteiger partial charge in [-0.3, -0.25) is 10.1 Å². The molecule has 2 rings (SSSR count). The molecular weight excluding hydrogens is 278 g/mol. The van der Waals surface area contributed by atoms with Crippen molar-refractivity contribution in [3.05, 3.63) is 27.9 Å². The second kappa shape index (κ2) is 6.49. The van der Waals surface area contributed by atoms with E-state index in [0.717, 1.165) is 18.9 Å². The Kier molecular flexibility index (Phi) is 4.69. The summed E-state index contributed by atoms with van der Waals surface area (Å²) in [4.78, 5) is 27.2. The number of likely N-dealkylation sites (N-methyl/N-ethyl adjacent to an activating group) is 1. The molecule has 1 aromatic heterocycles. The molecule has 1 atom stereocenters. The third-order valence-corrected chi connectivity index (χ3v) is 3.40. The molecule has 1 fully saturated rings. The fourth-order valence-corrected chi connectivity index (χ4v) is 2.33. The van der Waals surface area contributed by atoms with Crippen molar-refractivity contribution in [2.45, 2.75) is 25.9 Å². The van der Waals surface area contributed by atoms with Gasteiger partial charge in [0, 0.05) is 25.8 Å². The van der Waals surface area contributed by atoms with Gasteiger partial charge in [-0.1, -0.05) is 0 Å². The van der Waals surface area contributed by atoms with Crippen LogP contribution in [0.25, 0.3) is 0 Å². The average molecular weight is 295 g/mol. The van der Waals surface area contributed by atoms with E-state index in [-0.39, 0.29) is 23.3 Å². The number of carboxylic acid groups (broad SMARTS) is 1. The van der Waals surface area contributed by atoms with E-state index in [1.165, 1.54) is 6.07 Å². The molecule has 8 heteroatoms. The summed E-state index contributed by atoms with van der Waals surface area (Å²) < 4.78 is 5.53. The van der Waals surface area contributed by atoms with E-state index in [2.05, 4.69) is 4.98 Å². The predicted octanol–water partition coefficient (Wildman–Crippen LogP) is 1.69. The number of carboxylic acids is 1. The standard InChI is InChI=1S/C13H17N3O5/c1-2-15(8-9-4-3-7-21-9)12-11(16(19)20)6-5-10(14-12)13(17)18/h5-6,9H,2-4,7-8H2,1H3,(H,17,18). The third-order valence-electron chi connectivity index (χ3n) is 3.40. The average Bonchev–Trinajstić information content (AvgIpc) is 2.96. The Labute approximate surface area is 121 Å². The number of pyridine rings is 1. The second-order valence-electron chi connectivity index (χ2n) is 4.78. The van der Waals surface area contributed by atoms with Gasteiger partial charge in [-0.25, -0.2) is 9.78 Å². The first-order chi connectivity index (χ1) is 10.0. The van der Waals surface area contributed by atoms with Crippen molar-refractivity contribution >= 4 is 17.5 Å². The zero-order valence-corrected chi connectivity index (χ0v) is 11.7. The van der Waals surface area contributed by atoms with E-state index in [4.69, 9.17) is 9.84 Å². The fraction of sp³-hybridized carbons (Fsp3) is 0.538. The van der Waals surface area contributed by atoms with Crippen LogP contribution in [0.15, 0.2) is 12.1 Å². The molecule has 114 valence electrons. The summed E-state index contributed by atoms with van der Waals surface area (Å²) in [5.41, 5.74) is -0.402. The van der Waals surface area contributed by atoms with Gasteiger partial charge < -0.3 is 14.7 Å². The number of aromatic carboxylic acids is 1. The Morgan fingerprint density at radius 3 is 2.90 bits per heavy atom. The largest absolute Gasteiger partial charge is 0.477 e. The van der Waals surface area contributed by atoms with Crippen LogP contribution in [0.2, 0.25) is 0 Å². The zero-order chi connectivity index (χ0) is 15.4. The number of hydrogen-bond acceptors (Lipinski definition) is 6. The Bertz CT molecular complexity index is 543. The van der Waals surface area contributed by atoms with Crippen LogP contribution in [0, 0.1) is 10.1 Å². The van der Waals surface area contributed by atoms with Gasteiger partial charge in [-0.05, 0) is 25.8 Å². The minimum absolute atomic E-state index is 0.000150. The summed E-state index contributed by atoms with van der Waals surface area (Å²) in [5.74, 6) is -1.13. The number of rotatable bonds is 6. The molecule has 0 aliphatic carbocycles. The van der Waals surface area contributed by atoms with Gasteiger partial charge >= 0.3 is 11.7 Å². The highest BCUT2D eigenvalue weighted by Crippen LogP contribution is 2.27. The number of nitrogens with zero attached hydrogens (tertiary/aromatic N) is 3. The second-order valence-corrected chi connectivity index (χ2v) is 4.78. The molecule has 0 bridgehead atoms. The summed E-state index contributed by atoms with van der Waals surface area (Å²) in [6, 6.07) is 2.33. The highest BCUT2D eigenvalue weighted by Gasteiger charge is 2.26. The predicted molar refractivity (Wildman–Crippen MR) is 74.7 cm³/mol. The van der Waals surface area contributed by atoms with Crippen LogP contribution in [-0.4, -0.2) is 46.8 Å². The van der Waals surface area contributed by atoms with Gasteiger partial charge in [0.1, 0.15) is 0 Å². The molecule has 1 saturated heterocycles. The number of ether oxygens (including phenoxy) is 1. The Balaban J connectivity index is 2.33. The van der Waals surface area contributed by atoms with Crippen LogP contribution in [0.5, 0.6) is 0 Å². The highest BCUT2D eigenvalue weighted by atomic mass is 16.6. The lowest BCUT2D eigenvalue weighted by Crippen LogP contribution is -2.33. The summed E-state index contributed by atoms with van der Waals surface area (Å²) in [6.45, 7) is 3.48. The van der Waals surface area contributed by atoms with Gasteiger partial charge in [-0.2, -0.15) is 0 Å². The zero-order valence-electron chi connectivity index (χ0n) is 11.7. The first-order valence-electron chi connectivity index (χ1n) is 6.78. The normalized spacial score (nSPS) is 17.7. The van der Waals surface area contributed by atoms with Crippen LogP contribution in [0.4, 0.5) is 11.5 Å². The quantitative estimate of drug-likeness (QED) is 0.628. The van der Waals surface area contributed by atoms with Crippen LogP contribution in [-0.2, 0) is 4.74 Å². The minimum atomic E-state index is -1.21. The van der Waals surface area contributed by atoms with Crippen molar-refractivity contribution in [2.75, 3.05) is 24.6 Å². The molecule has 1 aliphatic heterocycles. The molecule has 8 nitrogen and oxygen atoms in total. The van der Waals surface area contributed by atoms with E-state index in [1.54, 1.807) is 4.90 Å². The molecule has 0 radical (unpaired) electrons. The van der Waals surface area contributed by atoms with Gasteiger partial charge in [0.2, 0.25) is 5.82 Å². The molecule has 1 aromatic rings. The summed E-state index contributed by atoms with van der Waals surface area (Å²) in [6.07, 6.45) is 1.86. The first kappa shape index (κ1) is 15.2. The molecular formula is C13H17N3O5. The fourth-order valence-electron chi connectivity index (χ4n) is 2.33. The van der Waals surface area contributed by atoms with Crippen molar-refractivity contribution in [1.82, 2.24) is 4.98 Å². The summed E-state index contributed by atoms with van der Waals surface area (Å²) in [7, 11) is 0. The van der Waals surface area contributed by atoms with E-state index >= 15 is 0 Å². The maximum absolute atomic E-state index is 11.1. The van der Waals surface area contributed by atoms with E-state index in [9.17, 15) is 14.9 Å². The van der Waals surface area contributed by atoms with Crippen LogP contribution in [0.1, 0.15) is 30.3 Å². The minimum Gasteiger partial charge on any atom is -0.477 e. The van der Waals surface area contributed by atoms with Gasteiger partial charge in [0.25, 0.3) is 0 Å². The van der Waals surface area contributed by atoms with Gasteiger partial charge in [-0.15, -0.1) is 0 Å². The van der Waals surface area contributed by atoms with Crippen LogP contribution >= 0.6 is 0 Å². The maximum Gasteiger partial charge on any atom is 0.354 e. The van der Waals surface area contributed by atoms with Crippen LogP contribution < -0.4 is 4.90 Å². The number of nitro groups is 1. The lowest BCUT2D eigenvalue weighted by atomic mass is 10.2. The van der Waals surface area contributed by atoms with Crippen molar-refractivity contribution < 1.29 is 19.6 Å². The monoisotopic (exact) mass is 295 g/mol. The number of hydrogen-bond donors (Lipinski definition) is 1. The molecule has 1 aliphatic rings. The molecule has 0 spiro atoms. The van der Waals surface area contributed by atoms with Crippen molar-refractivity contribution in [3.8, 4) is 0 Å². The lowest BCUT2D eigenvalue weighted by molar-refractivity contribution is -0.384. The summed E-state index contributed by atoms with van der Waals surface area (Å²) in [5, 5.41) is 20.1. The molecule has 0 saturated carbocycles. The lowest BCUT2D eigenvalue weighted by Gasteiger charge is -2.24. The van der Waals surface area contributed by atoms with E-state index in [0.29, 0.717) is 19.7 Å². The summed E-state index contributed by atoms with van der Waals surface area (Å²) >= 11 is 0. The molecule has 0 amide bonds. The van der Waals surface area contributed by atoms with Crippen molar-refractivity contribution in [1.29, 1.82) is 0 Å². The smallest absolute Gasteiger partial charge is 0.354 e.